The van der Waals surface area contributed by atoms with Gasteiger partial charge in [-0.25, -0.2) is 17.6 Å². The Kier molecular flexibility index (Phi) is 4.36. The van der Waals surface area contributed by atoms with Crippen LogP contribution in [0.2, 0.25) is 0 Å². The molecule has 8 heteroatoms. The zero-order valence-corrected chi connectivity index (χ0v) is 11.3. The molecular weight excluding hydrogens is 289 g/mol. The Morgan fingerprint density at radius 2 is 2.00 bits per heavy atom. The molecule has 0 heterocycles. The predicted molar refractivity (Wildman–Crippen MR) is 67.0 cm³/mol. The normalized spacial score (nSPS) is 16.4. The number of nitrogens with one attached hydrogen (secondary N) is 1. The quantitative estimate of drug-likeness (QED) is 0.807. The average molecular weight is 303 g/mol. The number of aromatic carboxylic acids is 1. The van der Waals surface area contributed by atoms with Crippen LogP contribution in [-0.4, -0.2) is 25.6 Å². The molecule has 0 bridgehead atoms. The Labute approximate surface area is 115 Å². The lowest BCUT2D eigenvalue weighted by Gasteiger charge is -2.12. The lowest BCUT2D eigenvalue weighted by atomic mass is 10.2. The molecule has 0 radical (unpaired) electrons. The molecule has 1 saturated carbocycles. The molecule has 1 aromatic carbocycles. The fourth-order valence-corrected chi connectivity index (χ4v) is 2.90. The first-order chi connectivity index (χ1) is 9.40. The summed E-state index contributed by atoms with van der Waals surface area (Å²) in [6.45, 7) is 0. The molecule has 0 saturated heterocycles. The molecule has 2 N–H and O–H groups in total. The summed E-state index contributed by atoms with van der Waals surface area (Å²) in [7, 11) is -4.02. The van der Waals surface area contributed by atoms with E-state index in [0.717, 1.165) is 43.9 Å². The number of benzene rings is 1. The van der Waals surface area contributed by atoms with Gasteiger partial charge in [-0.15, -0.1) is 0 Å². The molecule has 6 nitrogen and oxygen atoms in total. The monoisotopic (exact) mass is 303 g/mol. The Morgan fingerprint density at radius 3 is 2.60 bits per heavy atom. The molecule has 0 unspecified atom stereocenters. The van der Waals surface area contributed by atoms with E-state index in [1.54, 1.807) is 0 Å². The van der Waals surface area contributed by atoms with Gasteiger partial charge in [-0.2, -0.15) is 0 Å². The van der Waals surface area contributed by atoms with Gasteiger partial charge in [-0.1, -0.05) is 17.7 Å². The Bertz CT molecular complexity index is 610. The van der Waals surface area contributed by atoms with Crippen molar-refractivity contribution >= 4 is 16.0 Å². The fraction of sp³-hybridized carbons (Fsp3) is 0.417. The van der Waals surface area contributed by atoms with Gasteiger partial charge in [-0.3, -0.25) is 4.84 Å². The van der Waals surface area contributed by atoms with Crippen molar-refractivity contribution in [2.75, 3.05) is 0 Å². The van der Waals surface area contributed by atoms with Gasteiger partial charge in [0.2, 0.25) is 0 Å². The third kappa shape index (κ3) is 3.33. The molecule has 2 rings (SSSR count). The van der Waals surface area contributed by atoms with Crippen LogP contribution in [0.3, 0.4) is 0 Å². The molecule has 1 aromatic rings. The second-order valence-corrected chi connectivity index (χ2v) is 6.20. The fourth-order valence-electron chi connectivity index (χ4n) is 2.02. The van der Waals surface area contributed by atoms with Gasteiger partial charge in [-0.05, 0) is 31.0 Å². The molecule has 1 fully saturated rings. The van der Waals surface area contributed by atoms with Gasteiger partial charge in [0.25, 0.3) is 10.0 Å². The Hall–Kier alpha value is -1.51. The molecule has 110 valence electrons. The van der Waals surface area contributed by atoms with Gasteiger partial charge < -0.3 is 5.11 Å². The maximum Gasteiger partial charge on any atom is 0.338 e. The van der Waals surface area contributed by atoms with Crippen molar-refractivity contribution < 1.29 is 27.5 Å². The first-order valence-corrected chi connectivity index (χ1v) is 7.59. The summed E-state index contributed by atoms with van der Waals surface area (Å²) in [6.07, 6.45) is 3.32. The van der Waals surface area contributed by atoms with Crippen molar-refractivity contribution in [3.63, 3.8) is 0 Å². The summed E-state index contributed by atoms with van der Waals surface area (Å²) >= 11 is 0. The van der Waals surface area contributed by atoms with Gasteiger partial charge >= 0.3 is 5.97 Å². The van der Waals surface area contributed by atoms with E-state index in [-0.39, 0.29) is 11.0 Å². The van der Waals surface area contributed by atoms with E-state index < -0.39 is 27.4 Å². The van der Waals surface area contributed by atoms with E-state index in [2.05, 4.69) is 0 Å². The summed E-state index contributed by atoms with van der Waals surface area (Å²) < 4.78 is 37.1. The van der Waals surface area contributed by atoms with E-state index in [1.807, 2.05) is 4.89 Å². The zero-order valence-electron chi connectivity index (χ0n) is 10.5. The summed E-state index contributed by atoms with van der Waals surface area (Å²) in [5, 5.41) is 8.77. The van der Waals surface area contributed by atoms with Crippen molar-refractivity contribution in [3.05, 3.63) is 29.6 Å². The highest BCUT2D eigenvalue weighted by molar-refractivity contribution is 7.89. The van der Waals surface area contributed by atoms with Gasteiger partial charge in [0.15, 0.2) is 0 Å². The van der Waals surface area contributed by atoms with Crippen LogP contribution in [0.1, 0.15) is 36.0 Å². The predicted octanol–water partition coefficient (Wildman–Crippen LogP) is 1.68. The van der Waals surface area contributed by atoms with E-state index in [1.165, 1.54) is 0 Å². The van der Waals surface area contributed by atoms with Crippen LogP contribution in [0, 0.1) is 5.82 Å². The third-order valence-electron chi connectivity index (χ3n) is 3.11. The number of carboxylic acid groups (broad SMARTS) is 1. The van der Waals surface area contributed by atoms with Crippen LogP contribution >= 0.6 is 0 Å². The molecule has 0 aromatic heterocycles. The van der Waals surface area contributed by atoms with Crippen LogP contribution in [0.15, 0.2) is 23.1 Å². The van der Waals surface area contributed by atoms with Crippen LogP contribution in [-0.2, 0) is 14.9 Å². The summed E-state index contributed by atoms with van der Waals surface area (Å²) in [4.78, 5) is 17.5. The first-order valence-electron chi connectivity index (χ1n) is 6.10. The number of halogens is 1. The Morgan fingerprint density at radius 1 is 1.35 bits per heavy atom. The minimum Gasteiger partial charge on any atom is -0.478 e. The van der Waals surface area contributed by atoms with E-state index in [4.69, 9.17) is 9.94 Å². The zero-order chi connectivity index (χ0) is 14.8. The van der Waals surface area contributed by atoms with Crippen LogP contribution < -0.4 is 4.89 Å². The molecule has 20 heavy (non-hydrogen) atoms. The first kappa shape index (κ1) is 14.9. The number of hydrogen-bond donors (Lipinski definition) is 2. The van der Waals surface area contributed by atoms with E-state index >= 15 is 0 Å². The topological polar surface area (TPSA) is 92.7 Å². The van der Waals surface area contributed by atoms with Crippen molar-refractivity contribution in [3.8, 4) is 0 Å². The van der Waals surface area contributed by atoms with Crippen molar-refractivity contribution in [1.29, 1.82) is 0 Å². The molecular formula is C12H14FNO5S. The van der Waals surface area contributed by atoms with E-state index in [9.17, 15) is 17.6 Å². The molecule has 1 aliphatic carbocycles. The lowest BCUT2D eigenvalue weighted by molar-refractivity contribution is 0.0223. The Balaban J connectivity index is 2.16. The third-order valence-corrected chi connectivity index (χ3v) is 4.30. The number of carbonyl (C=O) groups is 1. The molecule has 1 aliphatic rings. The number of rotatable bonds is 5. The summed E-state index contributed by atoms with van der Waals surface area (Å²) in [6, 6.07) is 2.55. The van der Waals surface area contributed by atoms with Crippen LogP contribution in [0.5, 0.6) is 0 Å². The second kappa shape index (κ2) is 5.86. The van der Waals surface area contributed by atoms with E-state index in [0.29, 0.717) is 0 Å². The standard InChI is InChI=1S/C12H14FNO5S/c13-11-6-5-9(7-10(11)12(15)16)20(17,18)14-19-8-3-1-2-4-8/h5-8,14H,1-4H2,(H,15,16). The maximum atomic E-state index is 13.2. The molecule has 0 aliphatic heterocycles. The van der Waals surface area contributed by atoms with Crippen molar-refractivity contribution in [2.24, 2.45) is 0 Å². The highest BCUT2D eigenvalue weighted by Crippen LogP contribution is 2.21. The molecule has 0 amide bonds. The van der Waals surface area contributed by atoms with Crippen LogP contribution in [0.25, 0.3) is 0 Å². The van der Waals surface area contributed by atoms with Gasteiger partial charge in [0, 0.05) is 0 Å². The smallest absolute Gasteiger partial charge is 0.338 e. The largest absolute Gasteiger partial charge is 0.478 e. The SMILES string of the molecule is O=C(O)c1cc(S(=O)(=O)NOC2CCCC2)ccc1F. The number of sulfonamides is 1. The van der Waals surface area contributed by atoms with Crippen molar-refractivity contribution in [2.45, 2.75) is 36.7 Å². The maximum absolute atomic E-state index is 13.2. The minimum atomic E-state index is -4.02. The summed E-state index contributed by atoms with van der Waals surface area (Å²) in [5.41, 5.74) is -0.700. The average Bonchev–Trinajstić information content (AvgIpc) is 2.89. The molecule has 0 spiro atoms. The highest BCUT2D eigenvalue weighted by Gasteiger charge is 2.22. The van der Waals surface area contributed by atoms with Crippen LogP contribution in [0.4, 0.5) is 4.39 Å². The molecule has 0 atom stereocenters. The number of hydrogen-bond acceptors (Lipinski definition) is 4. The van der Waals surface area contributed by atoms with Crippen molar-refractivity contribution in [1.82, 2.24) is 4.89 Å². The van der Waals surface area contributed by atoms with Gasteiger partial charge in [0.05, 0.1) is 16.6 Å². The highest BCUT2D eigenvalue weighted by atomic mass is 32.2. The van der Waals surface area contributed by atoms with Gasteiger partial charge in [0.1, 0.15) is 5.82 Å². The minimum absolute atomic E-state index is 0.177. The second-order valence-electron chi connectivity index (χ2n) is 4.56. The number of carboxylic acids is 1. The summed E-state index contributed by atoms with van der Waals surface area (Å²) in [5.74, 6) is -2.52. The lowest BCUT2D eigenvalue weighted by Crippen LogP contribution is -2.28.